The minimum absolute atomic E-state index is 0.0546. The molecular weight excluding hydrogens is 388 g/mol. The Morgan fingerprint density at radius 2 is 1.93 bits per heavy atom. The summed E-state index contributed by atoms with van der Waals surface area (Å²) in [5.74, 6) is 5.35. The number of hydrogen-bond acceptors (Lipinski definition) is 3. The Balaban J connectivity index is 1.98. The van der Waals surface area contributed by atoms with Gasteiger partial charge in [-0.1, -0.05) is 50.5 Å². The van der Waals surface area contributed by atoms with Crippen LogP contribution in [0.3, 0.4) is 0 Å². The zero-order valence-corrected chi connectivity index (χ0v) is 17.9. The molecule has 0 saturated heterocycles. The van der Waals surface area contributed by atoms with Gasteiger partial charge in [-0.05, 0) is 36.3 Å². The van der Waals surface area contributed by atoms with E-state index in [9.17, 15) is 15.0 Å². The van der Waals surface area contributed by atoms with Crippen LogP contribution in [0.5, 0.6) is 0 Å². The SMILES string of the molecule is CCCCCC(O)c1ccc(C2C(CC#CCCCC(=O)O)[C@H](Cl)C[C@H]2O)cc1. The summed E-state index contributed by atoms with van der Waals surface area (Å²) in [5, 5.41) is 29.4. The number of unbranched alkanes of at least 4 members (excludes halogenated alkanes) is 3. The van der Waals surface area contributed by atoms with E-state index in [0.29, 0.717) is 25.7 Å². The van der Waals surface area contributed by atoms with Crippen molar-refractivity contribution in [2.75, 3.05) is 0 Å². The smallest absolute Gasteiger partial charge is 0.303 e. The minimum Gasteiger partial charge on any atom is -0.481 e. The standard InChI is InChI=1S/C24H33ClO4/c1-2-3-6-10-21(26)17-12-14-18(15-13-17)24-19(20(25)16-22(24)27)9-7-4-5-8-11-23(28)29/h12-15,19-22,24,26-27H,2-3,5-6,8-11,16H2,1H3,(H,28,29)/t19?,20-,21?,22-,24?/m1/s1. The van der Waals surface area contributed by atoms with Crippen molar-refractivity contribution in [2.24, 2.45) is 5.92 Å². The maximum Gasteiger partial charge on any atom is 0.303 e. The first-order valence-corrected chi connectivity index (χ1v) is 11.1. The Kier molecular flexibility index (Phi) is 10.0. The molecule has 1 saturated carbocycles. The van der Waals surface area contributed by atoms with Crippen molar-refractivity contribution in [1.82, 2.24) is 0 Å². The first-order chi connectivity index (χ1) is 13.9. The van der Waals surface area contributed by atoms with E-state index in [4.69, 9.17) is 16.7 Å². The lowest BCUT2D eigenvalue weighted by Gasteiger charge is -2.23. The van der Waals surface area contributed by atoms with Crippen LogP contribution in [0.2, 0.25) is 0 Å². The second kappa shape index (κ2) is 12.2. The molecule has 1 aromatic carbocycles. The molecule has 1 aliphatic carbocycles. The maximum atomic E-state index is 10.6. The molecule has 160 valence electrons. The van der Waals surface area contributed by atoms with Crippen LogP contribution in [0.1, 0.15) is 87.9 Å². The fourth-order valence-electron chi connectivity index (χ4n) is 4.09. The molecule has 3 N–H and O–H groups in total. The monoisotopic (exact) mass is 420 g/mol. The highest BCUT2D eigenvalue weighted by atomic mass is 35.5. The van der Waals surface area contributed by atoms with Gasteiger partial charge in [-0.25, -0.2) is 0 Å². The Labute approximate surface area is 179 Å². The number of carboxylic acids is 1. The molecule has 0 heterocycles. The molecule has 0 aromatic heterocycles. The van der Waals surface area contributed by atoms with Crippen LogP contribution in [-0.4, -0.2) is 32.8 Å². The first-order valence-electron chi connectivity index (χ1n) is 10.7. The van der Waals surface area contributed by atoms with Gasteiger partial charge >= 0.3 is 5.97 Å². The fraction of sp³-hybridized carbons (Fsp3) is 0.625. The van der Waals surface area contributed by atoms with E-state index >= 15 is 0 Å². The number of rotatable bonds is 10. The molecule has 4 nitrogen and oxygen atoms in total. The number of aliphatic hydroxyl groups is 2. The highest BCUT2D eigenvalue weighted by Gasteiger charge is 2.41. The normalized spacial score (nSPS) is 24.7. The topological polar surface area (TPSA) is 77.8 Å². The van der Waals surface area contributed by atoms with Crippen molar-refractivity contribution in [1.29, 1.82) is 0 Å². The van der Waals surface area contributed by atoms with E-state index in [1.165, 1.54) is 0 Å². The number of carboxylic acid groups (broad SMARTS) is 1. The zero-order chi connectivity index (χ0) is 21.2. The van der Waals surface area contributed by atoms with Gasteiger partial charge in [0.1, 0.15) is 0 Å². The Morgan fingerprint density at radius 3 is 2.59 bits per heavy atom. The molecule has 1 aromatic rings. The third kappa shape index (κ3) is 7.33. The zero-order valence-electron chi connectivity index (χ0n) is 17.2. The molecule has 3 unspecified atom stereocenters. The van der Waals surface area contributed by atoms with Gasteiger partial charge in [0.05, 0.1) is 12.2 Å². The van der Waals surface area contributed by atoms with Gasteiger partial charge in [0.25, 0.3) is 0 Å². The summed E-state index contributed by atoms with van der Waals surface area (Å²) in [6.07, 6.45) is 5.46. The molecule has 1 aliphatic rings. The Hall–Kier alpha value is -1.54. The molecule has 0 aliphatic heterocycles. The van der Waals surface area contributed by atoms with Gasteiger partial charge in [-0.15, -0.1) is 23.4 Å². The Morgan fingerprint density at radius 1 is 1.21 bits per heavy atom. The van der Waals surface area contributed by atoms with Crippen LogP contribution < -0.4 is 0 Å². The second-order valence-corrected chi connectivity index (χ2v) is 8.55. The molecule has 0 radical (unpaired) electrons. The van der Waals surface area contributed by atoms with Crippen molar-refractivity contribution in [3.05, 3.63) is 35.4 Å². The quantitative estimate of drug-likeness (QED) is 0.282. The largest absolute Gasteiger partial charge is 0.481 e. The molecule has 0 bridgehead atoms. The molecule has 5 atom stereocenters. The van der Waals surface area contributed by atoms with E-state index in [2.05, 4.69) is 18.8 Å². The van der Waals surface area contributed by atoms with E-state index in [1.807, 2.05) is 24.3 Å². The van der Waals surface area contributed by atoms with Gasteiger partial charge in [0, 0.05) is 30.6 Å². The molecule has 2 rings (SSSR count). The summed E-state index contributed by atoms with van der Waals surface area (Å²) in [5.41, 5.74) is 1.94. The van der Waals surface area contributed by atoms with E-state index < -0.39 is 18.2 Å². The van der Waals surface area contributed by atoms with Gasteiger partial charge in [-0.2, -0.15) is 0 Å². The minimum atomic E-state index is -0.800. The van der Waals surface area contributed by atoms with Gasteiger partial charge in [0.15, 0.2) is 0 Å². The third-order valence-corrected chi connectivity index (χ3v) is 6.25. The van der Waals surface area contributed by atoms with Crippen LogP contribution in [0.4, 0.5) is 0 Å². The molecular formula is C24H33ClO4. The number of aliphatic carboxylic acids is 1. The summed E-state index contributed by atoms with van der Waals surface area (Å²) in [7, 11) is 0. The predicted molar refractivity (Wildman–Crippen MR) is 116 cm³/mol. The van der Waals surface area contributed by atoms with Gasteiger partial charge in [-0.3, -0.25) is 4.79 Å². The number of carbonyl (C=O) groups is 1. The average Bonchev–Trinajstić information content (AvgIpc) is 2.97. The number of hydrogen-bond donors (Lipinski definition) is 3. The first kappa shape index (κ1) is 23.7. The van der Waals surface area contributed by atoms with Crippen molar-refractivity contribution >= 4 is 17.6 Å². The van der Waals surface area contributed by atoms with Gasteiger partial charge < -0.3 is 15.3 Å². The van der Waals surface area contributed by atoms with E-state index in [-0.39, 0.29) is 23.6 Å². The molecule has 29 heavy (non-hydrogen) atoms. The number of benzene rings is 1. The molecule has 5 heteroatoms. The maximum absolute atomic E-state index is 10.6. The lowest BCUT2D eigenvalue weighted by atomic mass is 9.85. The third-order valence-electron chi connectivity index (χ3n) is 5.75. The average molecular weight is 421 g/mol. The van der Waals surface area contributed by atoms with Crippen molar-refractivity contribution in [3.8, 4) is 11.8 Å². The number of aliphatic hydroxyl groups excluding tert-OH is 2. The van der Waals surface area contributed by atoms with Crippen LogP contribution in [0, 0.1) is 17.8 Å². The predicted octanol–water partition coefficient (Wildman–Crippen LogP) is 5.02. The second-order valence-electron chi connectivity index (χ2n) is 7.99. The molecule has 0 amide bonds. The number of halogens is 1. The highest BCUT2D eigenvalue weighted by Crippen LogP contribution is 2.44. The van der Waals surface area contributed by atoms with Crippen LogP contribution in [0.15, 0.2) is 24.3 Å². The molecule has 1 fully saturated rings. The highest BCUT2D eigenvalue weighted by molar-refractivity contribution is 6.21. The summed E-state index contributed by atoms with van der Waals surface area (Å²) in [6, 6.07) is 7.90. The molecule has 0 spiro atoms. The summed E-state index contributed by atoms with van der Waals surface area (Å²) >= 11 is 6.51. The van der Waals surface area contributed by atoms with Crippen molar-refractivity contribution in [3.63, 3.8) is 0 Å². The summed E-state index contributed by atoms with van der Waals surface area (Å²) in [6.45, 7) is 2.15. The van der Waals surface area contributed by atoms with Crippen LogP contribution >= 0.6 is 11.6 Å². The van der Waals surface area contributed by atoms with Gasteiger partial charge in [0.2, 0.25) is 0 Å². The van der Waals surface area contributed by atoms with Crippen molar-refractivity contribution < 1.29 is 20.1 Å². The van der Waals surface area contributed by atoms with Crippen LogP contribution in [-0.2, 0) is 4.79 Å². The lowest BCUT2D eigenvalue weighted by molar-refractivity contribution is -0.137. The summed E-state index contributed by atoms with van der Waals surface area (Å²) < 4.78 is 0. The lowest BCUT2D eigenvalue weighted by Crippen LogP contribution is -2.18. The van der Waals surface area contributed by atoms with Crippen molar-refractivity contribution in [2.45, 2.75) is 88.2 Å². The van der Waals surface area contributed by atoms with Crippen LogP contribution in [0.25, 0.3) is 0 Å². The Bertz CT molecular complexity index is 691. The van der Waals surface area contributed by atoms with E-state index in [0.717, 1.165) is 36.8 Å². The number of alkyl halides is 1. The van der Waals surface area contributed by atoms with E-state index in [1.54, 1.807) is 0 Å². The summed E-state index contributed by atoms with van der Waals surface area (Å²) in [4.78, 5) is 10.5. The fourth-order valence-corrected chi connectivity index (χ4v) is 4.52.